The molecule has 0 fully saturated rings. The first kappa shape index (κ1) is 17.2. The van der Waals surface area contributed by atoms with E-state index in [-0.39, 0.29) is 6.03 Å². The van der Waals surface area contributed by atoms with E-state index in [1.165, 1.54) is 0 Å². The average Bonchev–Trinajstić information content (AvgIpc) is 2.55. The maximum Gasteiger partial charge on any atom is 0.319 e. The van der Waals surface area contributed by atoms with Gasteiger partial charge in [-0.3, -0.25) is 0 Å². The summed E-state index contributed by atoms with van der Waals surface area (Å²) >= 11 is 11.8. The second kappa shape index (κ2) is 8.50. The molecule has 0 aliphatic carbocycles. The van der Waals surface area contributed by atoms with Crippen LogP contribution in [0.15, 0.2) is 42.5 Å². The summed E-state index contributed by atoms with van der Waals surface area (Å²) in [5.74, 6) is 1.38. The lowest BCUT2D eigenvalue weighted by Gasteiger charge is -2.10. The van der Waals surface area contributed by atoms with Gasteiger partial charge in [0.1, 0.15) is 18.1 Å². The highest BCUT2D eigenvalue weighted by Gasteiger charge is 2.06. The van der Waals surface area contributed by atoms with Crippen molar-refractivity contribution in [1.82, 2.24) is 5.32 Å². The SMILES string of the molecule is COc1cccc(OCCNC(=O)Nc2cc(Cl)ccc2Cl)c1. The number of carbonyl (C=O) groups excluding carboxylic acids is 1. The first-order valence-corrected chi connectivity index (χ1v) is 7.61. The molecule has 122 valence electrons. The zero-order valence-corrected chi connectivity index (χ0v) is 13.9. The molecule has 0 aliphatic heterocycles. The number of methoxy groups -OCH3 is 1. The number of urea groups is 1. The molecular weight excluding hydrogens is 339 g/mol. The normalized spacial score (nSPS) is 10.0. The number of nitrogens with one attached hydrogen (secondary N) is 2. The van der Waals surface area contributed by atoms with Crippen LogP contribution in [-0.4, -0.2) is 26.3 Å². The Hall–Kier alpha value is -2.11. The van der Waals surface area contributed by atoms with Gasteiger partial charge in [-0.2, -0.15) is 0 Å². The van der Waals surface area contributed by atoms with Crippen molar-refractivity contribution < 1.29 is 14.3 Å². The van der Waals surface area contributed by atoms with Crippen molar-refractivity contribution in [2.45, 2.75) is 0 Å². The van der Waals surface area contributed by atoms with E-state index in [2.05, 4.69) is 10.6 Å². The van der Waals surface area contributed by atoms with E-state index in [4.69, 9.17) is 32.7 Å². The Morgan fingerprint density at radius 1 is 1.13 bits per heavy atom. The number of hydrogen-bond acceptors (Lipinski definition) is 3. The van der Waals surface area contributed by atoms with Gasteiger partial charge in [0.15, 0.2) is 0 Å². The molecule has 0 aromatic heterocycles. The molecule has 0 unspecified atom stereocenters. The van der Waals surface area contributed by atoms with E-state index in [0.29, 0.717) is 40.4 Å². The highest BCUT2D eigenvalue weighted by atomic mass is 35.5. The van der Waals surface area contributed by atoms with Gasteiger partial charge in [0, 0.05) is 11.1 Å². The summed E-state index contributed by atoms with van der Waals surface area (Å²) in [5.41, 5.74) is 0.449. The molecule has 0 aliphatic rings. The predicted molar refractivity (Wildman–Crippen MR) is 92.0 cm³/mol. The van der Waals surface area contributed by atoms with Crippen molar-refractivity contribution in [3.8, 4) is 11.5 Å². The van der Waals surface area contributed by atoms with Crippen molar-refractivity contribution >= 4 is 34.9 Å². The highest BCUT2D eigenvalue weighted by Crippen LogP contribution is 2.25. The van der Waals surface area contributed by atoms with Crippen LogP contribution in [0.2, 0.25) is 10.0 Å². The fraction of sp³-hybridized carbons (Fsp3) is 0.188. The van der Waals surface area contributed by atoms with Crippen LogP contribution in [0.4, 0.5) is 10.5 Å². The molecule has 2 rings (SSSR count). The van der Waals surface area contributed by atoms with E-state index >= 15 is 0 Å². The summed E-state index contributed by atoms with van der Waals surface area (Å²) in [6, 6.07) is 11.7. The molecule has 0 bridgehead atoms. The van der Waals surface area contributed by atoms with Gasteiger partial charge in [0.05, 0.1) is 24.4 Å². The van der Waals surface area contributed by atoms with Crippen LogP contribution in [0.25, 0.3) is 0 Å². The monoisotopic (exact) mass is 354 g/mol. The first-order chi connectivity index (χ1) is 11.1. The zero-order chi connectivity index (χ0) is 16.7. The summed E-state index contributed by atoms with van der Waals surface area (Å²) in [4.78, 5) is 11.8. The van der Waals surface area contributed by atoms with Crippen LogP contribution >= 0.6 is 23.2 Å². The van der Waals surface area contributed by atoms with Crippen LogP contribution < -0.4 is 20.1 Å². The first-order valence-electron chi connectivity index (χ1n) is 6.85. The van der Waals surface area contributed by atoms with Gasteiger partial charge in [-0.25, -0.2) is 4.79 Å². The maximum atomic E-state index is 11.8. The number of hydrogen-bond donors (Lipinski definition) is 2. The van der Waals surface area contributed by atoms with Crippen molar-refractivity contribution in [3.63, 3.8) is 0 Å². The van der Waals surface area contributed by atoms with Crippen molar-refractivity contribution in [3.05, 3.63) is 52.5 Å². The quantitative estimate of drug-likeness (QED) is 0.764. The van der Waals surface area contributed by atoms with E-state index in [1.54, 1.807) is 31.4 Å². The largest absolute Gasteiger partial charge is 0.497 e. The van der Waals surface area contributed by atoms with Crippen molar-refractivity contribution in [2.24, 2.45) is 0 Å². The standard InChI is InChI=1S/C16H16Cl2N2O3/c1-22-12-3-2-4-13(10-12)23-8-7-19-16(21)20-15-9-11(17)5-6-14(15)18/h2-6,9-10H,7-8H2,1H3,(H2,19,20,21). The predicted octanol–water partition coefficient (Wildman–Crippen LogP) is 4.20. The van der Waals surface area contributed by atoms with Crippen LogP contribution in [-0.2, 0) is 0 Å². The van der Waals surface area contributed by atoms with Gasteiger partial charge in [0.25, 0.3) is 0 Å². The zero-order valence-electron chi connectivity index (χ0n) is 12.4. The average molecular weight is 355 g/mol. The van der Waals surface area contributed by atoms with Gasteiger partial charge < -0.3 is 20.1 Å². The van der Waals surface area contributed by atoms with Gasteiger partial charge in [-0.15, -0.1) is 0 Å². The lowest BCUT2D eigenvalue weighted by Crippen LogP contribution is -2.32. The van der Waals surface area contributed by atoms with Crippen LogP contribution in [0.1, 0.15) is 0 Å². The van der Waals surface area contributed by atoms with Gasteiger partial charge in [-0.05, 0) is 30.3 Å². The summed E-state index contributed by atoms with van der Waals surface area (Å²) in [6.07, 6.45) is 0. The van der Waals surface area contributed by atoms with Crippen LogP contribution in [0.5, 0.6) is 11.5 Å². The van der Waals surface area contributed by atoms with E-state index in [1.807, 2.05) is 18.2 Å². The molecular formula is C16H16Cl2N2O3. The number of carbonyl (C=O) groups is 1. The Morgan fingerprint density at radius 3 is 2.70 bits per heavy atom. The van der Waals surface area contributed by atoms with E-state index in [9.17, 15) is 4.79 Å². The number of rotatable bonds is 6. The van der Waals surface area contributed by atoms with Crippen molar-refractivity contribution in [1.29, 1.82) is 0 Å². The number of ether oxygens (including phenoxy) is 2. The summed E-state index contributed by atoms with van der Waals surface area (Å²) in [6.45, 7) is 0.658. The second-order valence-electron chi connectivity index (χ2n) is 4.53. The molecule has 2 aromatic carbocycles. The Morgan fingerprint density at radius 2 is 1.91 bits per heavy atom. The Balaban J connectivity index is 1.75. The molecule has 2 aromatic rings. The molecule has 5 nitrogen and oxygen atoms in total. The fourth-order valence-electron chi connectivity index (χ4n) is 1.78. The molecule has 2 N–H and O–H groups in total. The summed E-state index contributed by atoms with van der Waals surface area (Å²) in [5, 5.41) is 6.20. The van der Waals surface area contributed by atoms with Gasteiger partial charge >= 0.3 is 6.03 Å². The van der Waals surface area contributed by atoms with E-state index < -0.39 is 0 Å². The Kier molecular flexibility index (Phi) is 6.38. The van der Waals surface area contributed by atoms with Crippen LogP contribution in [0, 0.1) is 0 Å². The lowest BCUT2D eigenvalue weighted by molar-refractivity contribution is 0.247. The molecule has 2 amide bonds. The molecule has 0 atom stereocenters. The minimum absolute atomic E-state index is 0.323. The number of amides is 2. The smallest absolute Gasteiger partial charge is 0.319 e. The maximum absolute atomic E-state index is 11.8. The molecule has 0 spiro atoms. The second-order valence-corrected chi connectivity index (χ2v) is 5.38. The van der Waals surface area contributed by atoms with Crippen LogP contribution in [0.3, 0.4) is 0 Å². The minimum atomic E-state index is -0.386. The Labute approximate surface area is 144 Å². The third kappa shape index (κ3) is 5.54. The molecule has 0 saturated heterocycles. The fourth-order valence-corrected chi connectivity index (χ4v) is 2.12. The van der Waals surface area contributed by atoms with Gasteiger partial charge in [0.2, 0.25) is 0 Å². The summed E-state index contributed by atoms with van der Waals surface area (Å²) in [7, 11) is 1.59. The topological polar surface area (TPSA) is 59.6 Å². The molecule has 7 heteroatoms. The van der Waals surface area contributed by atoms with Crippen molar-refractivity contribution in [2.75, 3.05) is 25.6 Å². The third-order valence-corrected chi connectivity index (χ3v) is 3.44. The molecule has 0 saturated carbocycles. The molecule has 23 heavy (non-hydrogen) atoms. The number of halogens is 2. The third-order valence-electron chi connectivity index (χ3n) is 2.87. The van der Waals surface area contributed by atoms with Gasteiger partial charge in [-0.1, -0.05) is 29.3 Å². The molecule has 0 radical (unpaired) electrons. The lowest BCUT2D eigenvalue weighted by atomic mass is 10.3. The highest BCUT2D eigenvalue weighted by molar-refractivity contribution is 6.35. The summed E-state index contributed by atoms with van der Waals surface area (Å²) < 4.78 is 10.6. The Bertz CT molecular complexity index is 680. The number of anilines is 1. The molecule has 0 heterocycles. The number of benzene rings is 2. The van der Waals surface area contributed by atoms with E-state index in [0.717, 1.165) is 0 Å². The minimum Gasteiger partial charge on any atom is -0.497 e.